The Morgan fingerprint density at radius 3 is 2.09 bits per heavy atom. The molecule has 3 N–H and O–H groups in total. The quantitative estimate of drug-likeness (QED) is 0.414. The molecule has 68 valence electrons. The second-order valence-corrected chi connectivity index (χ2v) is 5.43. The van der Waals surface area contributed by atoms with Gasteiger partial charge in [0, 0.05) is 6.66 Å². The lowest BCUT2D eigenvalue weighted by Crippen LogP contribution is -2.49. The fourth-order valence-electron chi connectivity index (χ4n) is 0.637. The van der Waals surface area contributed by atoms with Crippen molar-refractivity contribution in [3.63, 3.8) is 0 Å². The first kappa shape index (κ1) is 11.3. The van der Waals surface area contributed by atoms with Crippen LogP contribution in [-0.2, 0) is 9.09 Å². The van der Waals surface area contributed by atoms with Crippen LogP contribution in [0.25, 0.3) is 0 Å². The summed E-state index contributed by atoms with van der Waals surface area (Å²) < 4.78 is 15.1. The van der Waals surface area contributed by atoms with Gasteiger partial charge in [0.05, 0.1) is 0 Å². The standard InChI is InChI=1S/C4H13O5PSi/c1-3-4(9-10(2)5)11(6,7)8/h4,6-8,10H,3H2,1-2H3. The van der Waals surface area contributed by atoms with Crippen LogP contribution < -0.4 is 0 Å². The zero-order valence-corrected chi connectivity index (χ0v) is 8.44. The summed E-state index contributed by atoms with van der Waals surface area (Å²) in [7, 11) is -6.47. The molecule has 5 nitrogen and oxygen atoms in total. The zero-order chi connectivity index (χ0) is 9.07. The normalized spacial score (nSPS) is 17.9. The van der Waals surface area contributed by atoms with E-state index in [9.17, 15) is 4.57 Å². The first-order valence-electron chi connectivity index (χ1n) is 3.22. The van der Waals surface area contributed by atoms with Crippen LogP contribution in [0.3, 0.4) is 0 Å². The molecule has 0 heterocycles. The van der Waals surface area contributed by atoms with Gasteiger partial charge in [-0.15, -0.1) is 0 Å². The van der Waals surface area contributed by atoms with Crippen molar-refractivity contribution in [2.24, 2.45) is 0 Å². The van der Waals surface area contributed by atoms with E-state index in [-0.39, 0.29) is 6.42 Å². The molecule has 0 aromatic rings. The molecule has 0 fully saturated rings. The molecule has 2 atom stereocenters. The van der Waals surface area contributed by atoms with E-state index in [1.807, 2.05) is 0 Å². The molecule has 11 heavy (non-hydrogen) atoms. The predicted octanol–water partition coefficient (Wildman–Crippen LogP) is -0.659. The van der Waals surface area contributed by atoms with Crippen LogP contribution in [0.4, 0.5) is 0 Å². The first-order valence-corrected chi connectivity index (χ1v) is 6.95. The van der Waals surface area contributed by atoms with Crippen molar-refractivity contribution in [1.29, 1.82) is 0 Å². The lowest BCUT2D eigenvalue weighted by atomic mass is 10.5. The summed E-state index contributed by atoms with van der Waals surface area (Å²) in [6.45, 7) is 2.94. The molecular weight excluding hydrogens is 187 g/mol. The number of hydrogen-bond donors (Lipinski definition) is 3. The van der Waals surface area contributed by atoms with E-state index in [0.717, 1.165) is 0 Å². The van der Waals surface area contributed by atoms with E-state index in [1.54, 1.807) is 6.92 Å². The van der Waals surface area contributed by atoms with E-state index >= 15 is 0 Å². The highest BCUT2D eigenvalue weighted by Crippen LogP contribution is 2.22. The summed E-state index contributed by atoms with van der Waals surface area (Å²) in [5.41, 5.74) is -1.07. The van der Waals surface area contributed by atoms with Crippen molar-refractivity contribution >= 4 is 16.8 Å². The van der Waals surface area contributed by atoms with Gasteiger partial charge in [-0.2, -0.15) is 0 Å². The Morgan fingerprint density at radius 2 is 2.00 bits per heavy atom. The van der Waals surface area contributed by atoms with Gasteiger partial charge in [0.25, 0.3) is 0 Å². The van der Waals surface area contributed by atoms with Gasteiger partial charge in [-0.1, -0.05) is 6.92 Å². The maximum absolute atomic E-state index is 10.5. The Bertz CT molecular complexity index is 144. The number of rotatable bonds is 4. The monoisotopic (exact) mass is 200 g/mol. The summed E-state index contributed by atoms with van der Waals surface area (Å²) in [4.78, 5) is 26.2. The lowest BCUT2D eigenvalue weighted by molar-refractivity contribution is 0.134. The van der Waals surface area contributed by atoms with Gasteiger partial charge in [0.1, 0.15) is 5.73 Å². The number of hydrogen-bond acceptors (Lipinski definition) is 5. The van der Waals surface area contributed by atoms with Gasteiger partial charge in [0.15, 0.2) is 8.03 Å². The molecule has 0 aliphatic heterocycles. The minimum atomic E-state index is -4.25. The predicted molar refractivity (Wildman–Crippen MR) is 42.5 cm³/mol. The van der Waals surface area contributed by atoms with Crippen LogP contribution in [0, 0.1) is 0 Å². The Kier molecular flexibility index (Phi) is 4.46. The molecule has 0 radical (unpaired) electrons. The summed E-state index contributed by atoms with van der Waals surface area (Å²) >= 11 is 0. The molecule has 0 aliphatic rings. The van der Waals surface area contributed by atoms with E-state index in [1.165, 1.54) is 6.66 Å². The fourth-order valence-corrected chi connectivity index (χ4v) is 2.88. The molecule has 0 aromatic heterocycles. The minimum absolute atomic E-state index is 0.236. The lowest BCUT2D eigenvalue weighted by Gasteiger charge is -2.19. The van der Waals surface area contributed by atoms with Gasteiger partial charge >= 0.3 is 8.80 Å². The molecule has 0 saturated heterocycles. The molecule has 0 aliphatic carbocycles. The van der Waals surface area contributed by atoms with Crippen LogP contribution in [0.2, 0.25) is 0 Å². The van der Waals surface area contributed by atoms with Crippen LogP contribution in [0.5, 0.6) is 0 Å². The van der Waals surface area contributed by atoms with Crippen molar-refractivity contribution in [3.8, 4) is 0 Å². The van der Waals surface area contributed by atoms with Gasteiger partial charge in [-0.05, 0) is 6.42 Å². The van der Waals surface area contributed by atoms with Gasteiger partial charge in [-0.25, -0.2) is 0 Å². The van der Waals surface area contributed by atoms with Crippen molar-refractivity contribution in [3.05, 3.63) is 0 Å². The smallest absolute Gasteiger partial charge is 0.388 e. The fraction of sp³-hybridized carbons (Fsp3) is 1.00. The molecule has 0 spiro atoms. The summed E-state index contributed by atoms with van der Waals surface area (Å²) in [5, 5.41) is 0. The van der Waals surface area contributed by atoms with Crippen molar-refractivity contribution < 1.29 is 23.5 Å². The van der Waals surface area contributed by atoms with Crippen LogP contribution in [0.1, 0.15) is 13.3 Å². The van der Waals surface area contributed by atoms with Crippen LogP contribution in [0.15, 0.2) is 0 Å². The molecule has 2 unspecified atom stereocenters. The third-order valence-electron chi connectivity index (χ3n) is 1.11. The van der Waals surface area contributed by atoms with E-state index in [2.05, 4.69) is 4.52 Å². The summed E-state index contributed by atoms with van der Waals surface area (Å²) in [6, 6.07) is 0. The molecule has 0 amide bonds. The average molecular weight is 200 g/mol. The average Bonchev–Trinajstić information content (AvgIpc) is 1.79. The third-order valence-corrected chi connectivity index (χ3v) is 3.35. The largest absolute Gasteiger partial charge is 0.523 e. The van der Waals surface area contributed by atoms with E-state index < -0.39 is 22.6 Å². The minimum Gasteiger partial charge on any atom is -0.388 e. The zero-order valence-electron chi connectivity index (χ0n) is 6.44. The first-order chi connectivity index (χ1) is 4.88. The van der Waals surface area contributed by atoms with Crippen molar-refractivity contribution in [2.45, 2.75) is 19.1 Å². The maximum Gasteiger partial charge on any atom is 0.523 e. The Morgan fingerprint density at radius 1 is 1.55 bits per heavy atom. The molecule has 7 heteroatoms. The van der Waals surface area contributed by atoms with E-state index in [0.29, 0.717) is 0 Å². The van der Waals surface area contributed by atoms with Crippen molar-refractivity contribution in [1.82, 2.24) is 0 Å². The highest BCUT2D eigenvalue weighted by Gasteiger charge is 2.39. The molecule has 0 saturated carbocycles. The van der Waals surface area contributed by atoms with E-state index in [4.69, 9.17) is 14.4 Å². The third kappa shape index (κ3) is 4.68. The topological polar surface area (TPSA) is 87.0 Å². The highest BCUT2D eigenvalue weighted by atomic mass is 31.1. The van der Waals surface area contributed by atoms with Crippen LogP contribution >= 0.6 is 8.03 Å². The van der Waals surface area contributed by atoms with Gasteiger partial charge in [0.2, 0.25) is 0 Å². The highest BCUT2D eigenvalue weighted by molar-refractivity contribution is 7.38. The van der Waals surface area contributed by atoms with Gasteiger partial charge < -0.3 is 18.9 Å². The molecule has 0 aromatic carbocycles. The maximum atomic E-state index is 10.5. The second kappa shape index (κ2) is 4.35. The Balaban J connectivity index is 4.07. The summed E-state index contributed by atoms with van der Waals surface area (Å²) in [5.74, 6) is 0. The summed E-state index contributed by atoms with van der Waals surface area (Å²) in [6.07, 6.45) is 0.236. The Hall–Kier alpha value is 0.287. The SMILES string of the molecule is CCC(O[PH](C)=O)[Si](O)(O)O. The second-order valence-electron chi connectivity index (χ2n) is 2.19. The van der Waals surface area contributed by atoms with Crippen LogP contribution in [-0.4, -0.2) is 35.6 Å². The van der Waals surface area contributed by atoms with Gasteiger partial charge in [-0.3, -0.25) is 4.57 Å². The molecular formula is C4H13O5PSi. The Labute approximate surface area is 66.9 Å². The van der Waals surface area contributed by atoms with Crippen molar-refractivity contribution in [2.75, 3.05) is 6.66 Å². The molecule has 0 rings (SSSR count). The molecule has 0 bridgehead atoms.